The van der Waals surface area contributed by atoms with Crippen LogP contribution in [0.5, 0.6) is 0 Å². The van der Waals surface area contributed by atoms with E-state index in [4.69, 9.17) is 0 Å². The van der Waals surface area contributed by atoms with Gasteiger partial charge in [-0.25, -0.2) is 0 Å². The highest BCUT2D eigenvalue weighted by Crippen LogP contribution is 2.20. The number of carbonyl (C=O) groups is 2. The third-order valence-corrected chi connectivity index (χ3v) is 2.35. The number of carbonyl (C=O) groups excluding carboxylic acids is 2. The molecule has 0 heterocycles. The average molecular weight is 182 g/mol. The SMILES string of the molecule is COC(=O)C1CCC(C)=CCC1=O. The molecule has 0 aromatic carbocycles. The van der Waals surface area contributed by atoms with Gasteiger partial charge < -0.3 is 4.74 Å². The molecule has 0 amide bonds. The van der Waals surface area contributed by atoms with Crippen LogP contribution in [-0.4, -0.2) is 18.9 Å². The van der Waals surface area contributed by atoms with Gasteiger partial charge >= 0.3 is 5.97 Å². The summed E-state index contributed by atoms with van der Waals surface area (Å²) in [6.07, 6.45) is 3.66. The number of rotatable bonds is 1. The van der Waals surface area contributed by atoms with E-state index in [2.05, 4.69) is 4.74 Å². The standard InChI is InChI=1S/C10H14O3/c1-7-3-5-8(10(12)13-2)9(11)6-4-7/h4,8H,3,5-6H2,1-2H3. The largest absolute Gasteiger partial charge is 0.468 e. The van der Waals surface area contributed by atoms with Gasteiger partial charge in [0, 0.05) is 6.42 Å². The molecule has 0 aromatic heterocycles. The van der Waals surface area contributed by atoms with Crippen LogP contribution in [0.4, 0.5) is 0 Å². The molecule has 72 valence electrons. The molecule has 0 fully saturated rings. The van der Waals surface area contributed by atoms with Crippen molar-refractivity contribution in [1.82, 2.24) is 0 Å². The minimum absolute atomic E-state index is 0.0244. The number of Topliss-reactive ketones (excluding diaryl/α,β-unsaturated/α-hetero) is 1. The highest BCUT2D eigenvalue weighted by atomic mass is 16.5. The second-order valence-electron chi connectivity index (χ2n) is 3.34. The number of hydrogen-bond donors (Lipinski definition) is 0. The molecule has 0 bridgehead atoms. The van der Waals surface area contributed by atoms with Gasteiger partial charge in [0.05, 0.1) is 7.11 Å². The lowest BCUT2D eigenvalue weighted by atomic mass is 9.98. The topological polar surface area (TPSA) is 43.4 Å². The number of esters is 1. The third kappa shape index (κ3) is 2.41. The van der Waals surface area contributed by atoms with E-state index < -0.39 is 11.9 Å². The van der Waals surface area contributed by atoms with Gasteiger partial charge in [0.2, 0.25) is 0 Å². The fourth-order valence-corrected chi connectivity index (χ4v) is 1.44. The minimum Gasteiger partial charge on any atom is -0.468 e. The van der Waals surface area contributed by atoms with Crippen molar-refractivity contribution >= 4 is 11.8 Å². The van der Waals surface area contributed by atoms with Crippen LogP contribution < -0.4 is 0 Å². The fourth-order valence-electron chi connectivity index (χ4n) is 1.44. The van der Waals surface area contributed by atoms with Gasteiger partial charge in [0.25, 0.3) is 0 Å². The molecule has 13 heavy (non-hydrogen) atoms. The molecule has 1 aliphatic carbocycles. The van der Waals surface area contributed by atoms with Crippen LogP contribution in [0, 0.1) is 5.92 Å². The van der Waals surface area contributed by atoms with Gasteiger partial charge in [-0.3, -0.25) is 9.59 Å². The third-order valence-electron chi connectivity index (χ3n) is 2.35. The molecule has 1 rings (SSSR count). The Morgan fingerprint density at radius 2 is 2.31 bits per heavy atom. The Kier molecular flexibility index (Phi) is 3.23. The summed E-state index contributed by atoms with van der Waals surface area (Å²) in [5.41, 5.74) is 1.18. The summed E-state index contributed by atoms with van der Waals surface area (Å²) in [7, 11) is 1.32. The van der Waals surface area contributed by atoms with Crippen molar-refractivity contribution < 1.29 is 14.3 Å². The molecule has 3 nitrogen and oxygen atoms in total. The van der Waals surface area contributed by atoms with Crippen LogP contribution >= 0.6 is 0 Å². The predicted octanol–water partition coefficient (Wildman–Crippen LogP) is 1.47. The lowest BCUT2D eigenvalue weighted by molar-refractivity contribution is -0.149. The maximum atomic E-state index is 11.4. The van der Waals surface area contributed by atoms with Crippen molar-refractivity contribution in [2.45, 2.75) is 26.2 Å². The molecule has 0 radical (unpaired) electrons. The first kappa shape index (κ1) is 9.96. The Morgan fingerprint density at radius 1 is 1.62 bits per heavy atom. The van der Waals surface area contributed by atoms with Crippen LogP contribution in [0.2, 0.25) is 0 Å². The summed E-state index contributed by atoms with van der Waals surface area (Å²) in [5, 5.41) is 0. The Labute approximate surface area is 77.8 Å². The molecular weight excluding hydrogens is 168 g/mol. The minimum atomic E-state index is -0.543. The molecule has 1 unspecified atom stereocenters. The maximum absolute atomic E-state index is 11.4. The number of allylic oxidation sites excluding steroid dienone is 2. The molecule has 1 atom stereocenters. The first-order valence-electron chi connectivity index (χ1n) is 4.41. The van der Waals surface area contributed by atoms with E-state index >= 15 is 0 Å². The normalized spacial score (nSPS) is 23.4. The van der Waals surface area contributed by atoms with E-state index in [1.807, 2.05) is 13.0 Å². The second-order valence-corrected chi connectivity index (χ2v) is 3.34. The van der Waals surface area contributed by atoms with Crippen LogP contribution in [0.1, 0.15) is 26.2 Å². The van der Waals surface area contributed by atoms with E-state index in [1.54, 1.807) is 0 Å². The van der Waals surface area contributed by atoms with E-state index in [0.29, 0.717) is 12.8 Å². The first-order valence-corrected chi connectivity index (χ1v) is 4.41. The quantitative estimate of drug-likeness (QED) is 0.350. The zero-order valence-electron chi connectivity index (χ0n) is 8.00. The second kappa shape index (κ2) is 4.21. The number of ether oxygens (including phenoxy) is 1. The summed E-state index contributed by atoms with van der Waals surface area (Å²) >= 11 is 0. The Bertz CT molecular complexity index is 253. The van der Waals surface area contributed by atoms with Crippen LogP contribution in [0.25, 0.3) is 0 Å². The smallest absolute Gasteiger partial charge is 0.316 e. The average Bonchev–Trinajstić information content (AvgIpc) is 2.28. The van der Waals surface area contributed by atoms with E-state index in [0.717, 1.165) is 6.42 Å². The van der Waals surface area contributed by atoms with E-state index in [1.165, 1.54) is 12.7 Å². The molecule has 1 aliphatic rings. The maximum Gasteiger partial charge on any atom is 0.316 e. The van der Waals surface area contributed by atoms with E-state index in [-0.39, 0.29) is 5.78 Å². The Hall–Kier alpha value is -1.12. The zero-order chi connectivity index (χ0) is 9.84. The summed E-state index contributed by atoms with van der Waals surface area (Å²) in [5.74, 6) is -0.962. The van der Waals surface area contributed by atoms with Crippen molar-refractivity contribution in [3.63, 3.8) is 0 Å². The van der Waals surface area contributed by atoms with Crippen molar-refractivity contribution in [1.29, 1.82) is 0 Å². The molecular formula is C10H14O3. The molecule has 0 aromatic rings. The fraction of sp³-hybridized carbons (Fsp3) is 0.600. The zero-order valence-corrected chi connectivity index (χ0v) is 8.00. The molecule has 0 saturated carbocycles. The van der Waals surface area contributed by atoms with Crippen LogP contribution in [0.15, 0.2) is 11.6 Å². The van der Waals surface area contributed by atoms with Gasteiger partial charge in [0.15, 0.2) is 5.78 Å². The number of ketones is 1. The summed E-state index contributed by atoms with van der Waals surface area (Å²) in [6, 6.07) is 0. The number of methoxy groups -OCH3 is 1. The van der Waals surface area contributed by atoms with Crippen LogP contribution in [0.3, 0.4) is 0 Å². The summed E-state index contributed by atoms with van der Waals surface area (Å²) < 4.78 is 4.57. The molecule has 3 heteroatoms. The van der Waals surface area contributed by atoms with E-state index in [9.17, 15) is 9.59 Å². The molecule has 0 saturated heterocycles. The highest BCUT2D eigenvalue weighted by molar-refractivity contribution is 5.99. The van der Waals surface area contributed by atoms with Crippen molar-refractivity contribution in [3.8, 4) is 0 Å². The van der Waals surface area contributed by atoms with Crippen LogP contribution in [-0.2, 0) is 14.3 Å². The Morgan fingerprint density at radius 3 is 2.92 bits per heavy atom. The highest BCUT2D eigenvalue weighted by Gasteiger charge is 2.27. The summed E-state index contributed by atoms with van der Waals surface area (Å²) in [4.78, 5) is 22.6. The molecule has 0 spiro atoms. The predicted molar refractivity (Wildman–Crippen MR) is 48.1 cm³/mol. The monoisotopic (exact) mass is 182 g/mol. The van der Waals surface area contributed by atoms with Gasteiger partial charge in [-0.05, 0) is 19.8 Å². The molecule has 0 N–H and O–H groups in total. The van der Waals surface area contributed by atoms with Gasteiger partial charge in [-0.2, -0.15) is 0 Å². The summed E-state index contributed by atoms with van der Waals surface area (Å²) in [6.45, 7) is 1.98. The first-order chi connectivity index (χ1) is 6.15. The van der Waals surface area contributed by atoms with Gasteiger partial charge in [-0.1, -0.05) is 11.6 Å². The Balaban J connectivity index is 2.68. The lowest BCUT2D eigenvalue weighted by Crippen LogP contribution is -2.24. The van der Waals surface area contributed by atoms with Crippen molar-refractivity contribution in [2.24, 2.45) is 5.92 Å². The van der Waals surface area contributed by atoms with Gasteiger partial charge in [0.1, 0.15) is 5.92 Å². The molecule has 0 aliphatic heterocycles. The number of hydrogen-bond acceptors (Lipinski definition) is 3. The lowest BCUT2D eigenvalue weighted by Gasteiger charge is -2.09. The van der Waals surface area contributed by atoms with Crippen molar-refractivity contribution in [2.75, 3.05) is 7.11 Å². The van der Waals surface area contributed by atoms with Crippen molar-refractivity contribution in [3.05, 3.63) is 11.6 Å². The van der Waals surface area contributed by atoms with Gasteiger partial charge in [-0.15, -0.1) is 0 Å².